The van der Waals surface area contributed by atoms with E-state index in [0.29, 0.717) is 21.7 Å². The van der Waals surface area contributed by atoms with E-state index in [9.17, 15) is 4.79 Å². The Morgan fingerprint density at radius 2 is 2.05 bits per heavy atom. The van der Waals surface area contributed by atoms with E-state index in [2.05, 4.69) is 17.6 Å². The van der Waals surface area contributed by atoms with Gasteiger partial charge >= 0.3 is 6.03 Å². The van der Waals surface area contributed by atoms with Crippen LogP contribution in [-0.2, 0) is 0 Å². The molecule has 2 bridgehead atoms. The second kappa shape index (κ2) is 6.05. The summed E-state index contributed by atoms with van der Waals surface area (Å²) in [4.78, 5) is 12.1. The quantitative estimate of drug-likeness (QED) is 0.811. The first-order valence-corrected chi connectivity index (χ1v) is 8.31. The molecule has 0 aromatic heterocycles. The topological polar surface area (TPSA) is 41.1 Å². The average Bonchev–Trinajstić information content (AvgIpc) is 3.05. The molecule has 2 N–H and O–H groups in total. The molecule has 1 aromatic rings. The molecule has 0 aliphatic heterocycles. The van der Waals surface area contributed by atoms with Crippen LogP contribution >= 0.6 is 23.2 Å². The molecule has 2 aliphatic carbocycles. The van der Waals surface area contributed by atoms with E-state index < -0.39 is 0 Å². The van der Waals surface area contributed by atoms with E-state index in [0.717, 1.165) is 11.8 Å². The molecule has 2 amide bonds. The molecule has 2 fully saturated rings. The zero-order valence-electron chi connectivity index (χ0n) is 12.0. The van der Waals surface area contributed by atoms with E-state index >= 15 is 0 Å². The van der Waals surface area contributed by atoms with Gasteiger partial charge in [-0.05, 0) is 62.1 Å². The summed E-state index contributed by atoms with van der Waals surface area (Å²) < 4.78 is 0. The van der Waals surface area contributed by atoms with Crippen molar-refractivity contribution in [2.45, 2.75) is 38.6 Å². The highest BCUT2D eigenvalue weighted by Crippen LogP contribution is 2.49. The van der Waals surface area contributed by atoms with Gasteiger partial charge in [0.05, 0.1) is 10.0 Å². The van der Waals surface area contributed by atoms with E-state index in [1.807, 2.05) is 0 Å². The summed E-state index contributed by atoms with van der Waals surface area (Å²) in [5.74, 6) is 2.32. The van der Waals surface area contributed by atoms with Crippen LogP contribution in [0.3, 0.4) is 0 Å². The summed E-state index contributed by atoms with van der Waals surface area (Å²) in [7, 11) is 0. The Kier molecular flexibility index (Phi) is 4.32. The molecule has 21 heavy (non-hydrogen) atoms. The maximum atomic E-state index is 12.1. The van der Waals surface area contributed by atoms with Gasteiger partial charge in [0, 0.05) is 11.7 Å². The Morgan fingerprint density at radius 3 is 2.67 bits per heavy atom. The number of fused-ring (bicyclic) bond motifs is 2. The van der Waals surface area contributed by atoms with E-state index in [1.165, 1.54) is 25.7 Å². The standard InChI is InChI=1S/C16H20Cl2N2O/c1-9(13-7-10-2-3-11(13)6-10)19-16(21)20-12-4-5-14(17)15(18)8-12/h4-5,8-11,13H,2-3,6-7H2,1H3,(H2,19,20,21)/t9-,10+,11+,13+/m1/s1. The van der Waals surface area contributed by atoms with Crippen LogP contribution < -0.4 is 10.6 Å². The van der Waals surface area contributed by atoms with Crippen LogP contribution in [0, 0.1) is 17.8 Å². The Bertz CT molecular complexity index is 549. The molecule has 1 aromatic carbocycles. The lowest BCUT2D eigenvalue weighted by atomic mass is 9.84. The van der Waals surface area contributed by atoms with Crippen LogP contribution in [0.4, 0.5) is 10.5 Å². The molecule has 3 nitrogen and oxygen atoms in total. The maximum Gasteiger partial charge on any atom is 0.319 e. The second-order valence-electron chi connectivity index (χ2n) is 6.35. The predicted octanol–water partition coefficient (Wildman–Crippen LogP) is 4.94. The van der Waals surface area contributed by atoms with Gasteiger partial charge < -0.3 is 10.6 Å². The van der Waals surface area contributed by atoms with E-state index in [1.54, 1.807) is 18.2 Å². The van der Waals surface area contributed by atoms with Crippen molar-refractivity contribution >= 4 is 34.9 Å². The van der Waals surface area contributed by atoms with Gasteiger partial charge in [-0.15, -0.1) is 0 Å². The van der Waals surface area contributed by atoms with Gasteiger partial charge in [0.1, 0.15) is 0 Å². The van der Waals surface area contributed by atoms with Gasteiger partial charge in [-0.2, -0.15) is 0 Å². The number of urea groups is 1. The first-order chi connectivity index (χ1) is 10.0. The minimum atomic E-state index is -0.177. The van der Waals surface area contributed by atoms with Crippen molar-refractivity contribution in [3.63, 3.8) is 0 Å². The fraction of sp³-hybridized carbons (Fsp3) is 0.562. The molecule has 5 heteroatoms. The normalized spacial score (nSPS) is 28.4. The van der Waals surface area contributed by atoms with Gasteiger partial charge in [0.25, 0.3) is 0 Å². The third kappa shape index (κ3) is 3.29. The van der Waals surface area contributed by atoms with Crippen molar-refractivity contribution in [2.75, 3.05) is 5.32 Å². The van der Waals surface area contributed by atoms with Gasteiger partial charge in [-0.3, -0.25) is 0 Å². The first-order valence-electron chi connectivity index (χ1n) is 7.55. The fourth-order valence-corrected chi connectivity index (χ4v) is 4.26. The number of carbonyl (C=O) groups is 1. The highest BCUT2D eigenvalue weighted by Gasteiger charge is 2.42. The van der Waals surface area contributed by atoms with Crippen molar-refractivity contribution in [1.29, 1.82) is 0 Å². The van der Waals surface area contributed by atoms with Crippen molar-refractivity contribution in [3.8, 4) is 0 Å². The molecular weight excluding hydrogens is 307 g/mol. The van der Waals surface area contributed by atoms with Gasteiger partial charge in [0.2, 0.25) is 0 Å². The Hall–Kier alpha value is -0.930. The molecule has 4 atom stereocenters. The predicted molar refractivity (Wildman–Crippen MR) is 87.0 cm³/mol. The minimum absolute atomic E-state index is 0.177. The highest BCUT2D eigenvalue weighted by atomic mass is 35.5. The number of hydrogen-bond donors (Lipinski definition) is 2. The third-order valence-corrected chi connectivity index (χ3v) is 5.71. The lowest BCUT2D eigenvalue weighted by Crippen LogP contribution is -2.42. The number of hydrogen-bond acceptors (Lipinski definition) is 1. The summed E-state index contributed by atoms with van der Waals surface area (Å²) in [5.41, 5.74) is 0.655. The SMILES string of the molecule is C[C@@H](NC(=O)Nc1ccc(Cl)c(Cl)c1)[C@@H]1C[C@H]2CC[C@H]1C2. The lowest BCUT2D eigenvalue weighted by molar-refractivity contribution is 0.230. The van der Waals surface area contributed by atoms with Crippen LogP contribution in [0.2, 0.25) is 10.0 Å². The van der Waals surface area contributed by atoms with Crippen molar-refractivity contribution in [1.82, 2.24) is 5.32 Å². The van der Waals surface area contributed by atoms with Gasteiger partial charge in [-0.1, -0.05) is 29.6 Å². The van der Waals surface area contributed by atoms with E-state index in [4.69, 9.17) is 23.2 Å². The number of benzene rings is 1. The zero-order valence-corrected chi connectivity index (χ0v) is 13.5. The van der Waals surface area contributed by atoms with E-state index in [-0.39, 0.29) is 12.1 Å². The second-order valence-corrected chi connectivity index (χ2v) is 7.17. The van der Waals surface area contributed by atoms with Gasteiger partial charge in [0.15, 0.2) is 0 Å². The Morgan fingerprint density at radius 1 is 1.24 bits per heavy atom. The lowest BCUT2D eigenvalue weighted by Gasteiger charge is -2.28. The van der Waals surface area contributed by atoms with Crippen molar-refractivity contribution < 1.29 is 4.79 Å². The fourth-order valence-electron chi connectivity index (χ4n) is 3.96. The van der Waals surface area contributed by atoms with Crippen molar-refractivity contribution in [3.05, 3.63) is 28.2 Å². The maximum absolute atomic E-state index is 12.1. The van der Waals surface area contributed by atoms with Gasteiger partial charge in [-0.25, -0.2) is 4.79 Å². The highest BCUT2D eigenvalue weighted by molar-refractivity contribution is 6.42. The molecule has 114 valence electrons. The molecule has 2 saturated carbocycles. The number of halogens is 2. The first kappa shape index (κ1) is 15.0. The number of amides is 2. The van der Waals surface area contributed by atoms with Crippen LogP contribution in [0.15, 0.2) is 18.2 Å². The summed E-state index contributed by atoms with van der Waals surface area (Å²) in [5, 5.41) is 6.80. The number of carbonyl (C=O) groups excluding carboxylic acids is 1. The number of anilines is 1. The number of nitrogens with one attached hydrogen (secondary N) is 2. The molecule has 0 spiro atoms. The average molecular weight is 327 g/mol. The van der Waals surface area contributed by atoms with Crippen LogP contribution in [0.25, 0.3) is 0 Å². The molecule has 3 rings (SSSR count). The monoisotopic (exact) mass is 326 g/mol. The molecule has 0 radical (unpaired) electrons. The molecule has 2 aliphatic rings. The largest absolute Gasteiger partial charge is 0.335 e. The summed E-state index contributed by atoms with van der Waals surface area (Å²) in [6.45, 7) is 2.11. The summed E-state index contributed by atoms with van der Waals surface area (Å²) in [6, 6.07) is 5.12. The minimum Gasteiger partial charge on any atom is -0.335 e. The zero-order chi connectivity index (χ0) is 15.0. The van der Waals surface area contributed by atoms with Crippen LogP contribution in [-0.4, -0.2) is 12.1 Å². The van der Waals surface area contributed by atoms with Crippen LogP contribution in [0.5, 0.6) is 0 Å². The van der Waals surface area contributed by atoms with Crippen LogP contribution in [0.1, 0.15) is 32.6 Å². The van der Waals surface area contributed by atoms with Crippen molar-refractivity contribution in [2.24, 2.45) is 17.8 Å². The smallest absolute Gasteiger partial charge is 0.319 e. The summed E-state index contributed by atoms with van der Waals surface area (Å²) >= 11 is 11.8. The molecular formula is C16H20Cl2N2O. The Labute approximate surface area is 135 Å². The molecule has 0 unspecified atom stereocenters. The summed E-state index contributed by atoms with van der Waals surface area (Å²) in [6.07, 6.45) is 5.32. The number of rotatable bonds is 3. The molecule has 0 saturated heterocycles. The molecule has 0 heterocycles. The third-order valence-electron chi connectivity index (χ3n) is 4.97. The Balaban J connectivity index is 1.55.